The molecule has 30 heavy (non-hydrogen) atoms. The normalized spacial score (nSPS) is 11.4. The van der Waals surface area contributed by atoms with Crippen molar-refractivity contribution < 1.29 is 4.52 Å². The molecule has 2 heterocycles. The molecule has 0 bridgehead atoms. The Morgan fingerprint density at radius 2 is 2.03 bits per heavy atom. The van der Waals surface area contributed by atoms with Gasteiger partial charge >= 0.3 is 0 Å². The maximum atomic E-state index is 5.28. The van der Waals surface area contributed by atoms with Crippen LogP contribution in [0.15, 0.2) is 46.0 Å². The van der Waals surface area contributed by atoms with Crippen molar-refractivity contribution in [3.63, 3.8) is 0 Å². The van der Waals surface area contributed by atoms with Crippen LogP contribution < -0.4 is 5.32 Å². The lowest BCUT2D eigenvalue weighted by atomic mass is 10.2. The lowest BCUT2D eigenvalue weighted by Gasteiger charge is -2.21. The van der Waals surface area contributed by atoms with E-state index in [9.17, 15) is 0 Å². The minimum atomic E-state index is 0. The van der Waals surface area contributed by atoms with Gasteiger partial charge in [0.25, 0.3) is 0 Å². The van der Waals surface area contributed by atoms with Crippen molar-refractivity contribution in [2.24, 2.45) is 4.99 Å². The Labute approximate surface area is 194 Å². The molecule has 0 aliphatic heterocycles. The minimum Gasteiger partial charge on any atom is -0.356 e. The van der Waals surface area contributed by atoms with Gasteiger partial charge in [-0.2, -0.15) is 4.98 Å². The summed E-state index contributed by atoms with van der Waals surface area (Å²) in [7, 11) is 3.77. The first kappa shape index (κ1) is 23.8. The number of aromatic amines is 1. The van der Waals surface area contributed by atoms with Crippen molar-refractivity contribution in [2.45, 2.75) is 39.2 Å². The van der Waals surface area contributed by atoms with E-state index in [4.69, 9.17) is 4.52 Å². The van der Waals surface area contributed by atoms with E-state index in [1.807, 2.05) is 36.3 Å². The standard InChI is InChI=1S/C21H29N7O.HI/c1-15(2)20-26-19(29-27-20)11-8-12-23-21(22-3)28(4)14-18-24-13-17(25-18)16-9-6-5-7-10-16;/h5-7,9-10,13,15H,8,11-12,14H2,1-4H3,(H,22,23)(H,24,25);1H. The number of benzene rings is 1. The van der Waals surface area contributed by atoms with E-state index in [0.717, 1.165) is 48.3 Å². The zero-order valence-corrected chi connectivity index (χ0v) is 20.3. The van der Waals surface area contributed by atoms with Crippen molar-refractivity contribution in [1.82, 2.24) is 30.3 Å². The molecule has 0 fully saturated rings. The molecule has 2 N–H and O–H groups in total. The van der Waals surface area contributed by atoms with E-state index in [1.165, 1.54) is 0 Å². The van der Waals surface area contributed by atoms with Crippen LogP contribution in [-0.2, 0) is 13.0 Å². The molecule has 0 spiro atoms. The fourth-order valence-electron chi connectivity index (χ4n) is 2.94. The maximum absolute atomic E-state index is 5.28. The monoisotopic (exact) mass is 523 g/mol. The Bertz CT molecular complexity index is 920. The van der Waals surface area contributed by atoms with Crippen LogP contribution in [0.25, 0.3) is 11.3 Å². The van der Waals surface area contributed by atoms with Crippen LogP contribution >= 0.6 is 24.0 Å². The van der Waals surface area contributed by atoms with E-state index >= 15 is 0 Å². The maximum Gasteiger partial charge on any atom is 0.226 e. The van der Waals surface area contributed by atoms with Crippen LogP contribution in [0.1, 0.15) is 43.7 Å². The van der Waals surface area contributed by atoms with Crippen LogP contribution in [0.3, 0.4) is 0 Å². The van der Waals surface area contributed by atoms with Crippen LogP contribution in [0, 0.1) is 0 Å². The van der Waals surface area contributed by atoms with Gasteiger partial charge in [0.1, 0.15) is 5.82 Å². The molecular weight excluding hydrogens is 493 g/mol. The van der Waals surface area contributed by atoms with Crippen LogP contribution in [0.4, 0.5) is 0 Å². The SMILES string of the molecule is CN=C(NCCCc1nc(C(C)C)no1)N(C)Cc1ncc(-c2ccccc2)[nH]1.I. The topological polar surface area (TPSA) is 95.2 Å². The third kappa shape index (κ3) is 6.54. The Hall–Kier alpha value is -2.43. The summed E-state index contributed by atoms with van der Waals surface area (Å²) in [5.74, 6) is 3.43. The quantitative estimate of drug-likeness (QED) is 0.202. The number of rotatable bonds is 8. The first-order valence-corrected chi connectivity index (χ1v) is 9.90. The number of hydrogen-bond acceptors (Lipinski definition) is 5. The average Bonchev–Trinajstić information content (AvgIpc) is 3.38. The summed E-state index contributed by atoms with van der Waals surface area (Å²) in [4.78, 5) is 18.7. The predicted molar refractivity (Wildman–Crippen MR) is 129 cm³/mol. The molecule has 3 rings (SSSR count). The van der Waals surface area contributed by atoms with Crippen molar-refractivity contribution in [2.75, 3.05) is 20.6 Å². The van der Waals surface area contributed by atoms with Crippen molar-refractivity contribution >= 4 is 29.9 Å². The summed E-state index contributed by atoms with van der Waals surface area (Å²) in [5.41, 5.74) is 2.13. The number of H-pyrrole nitrogens is 1. The van der Waals surface area contributed by atoms with Crippen molar-refractivity contribution in [3.05, 3.63) is 54.1 Å². The lowest BCUT2D eigenvalue weighted by Crippen LogP contribution is -2.39. The van der Waals surface area contributed by atoms with E-state index in [1.54, 1.807) is 7.05 Å². The summed E-state index contributed by atoms with van der Waals surface area (Å²) >= 11 is 0. The fraction of sp³-hybridized carbons (Fsp3) is 0.429. The molecule has 3 aromatic rings. The Balaban J connectivity index is 0.00000320. The molecule has 0 atom stereocenters. The molecule has 0 unspecified atom stereocenters. The summed E-state index contributed by atoms with van der Waals surface area (Å²) in [6.45, 7) is 5.51. The number of imidazole rings is 1. The number of nitrogens with one attached hydrogen (secondary N) is 2. The molecule has 0 aliphatic rings. The minimum absolute atomic E-state index is 0. The Morgan fingerprint density at radius 3 is 2.70 bits per heavy atom. The second kappa shape index (κ2) is 11.7. The Morgan fingerprint density at radius 1 is 1.27 bits per heavy atom. The van der Waals surface area contributed by atoms with Gasteiger partial charge in [-0.3, -0.25) is 4.99 Å². The zero-order valence-electron chi connectivity index (χ0n) is 17.9. The second-order valence-electron chi connectivity index (χ2n) is 7.24. The smallest absolute Gasteiger partial charge is 0.226 e. The highest BCUT2D eigenvalue weighted by atomic mass is 127. The van der Waals surface area contributed by atoms with Gasteiger partial charge in [-0.15, -0.1) is 24.0 Å². The van der Waals surface area contributed by atoms with Crippen LogP contribution in [0.2, 0.25) is 0 Å². The molecular formula is C21H30IN7O. The molecule has 0 aliphatic carbocycles. The van der Waals surface area contributed by atoms with Gasteiger partial charge in [-0.1, -0.05) is 49.3 Å². The molecule has 1 aromatic carbocycles. The van der Waals surface area contributed by atoms with E-state index in [2.05, 4.69) is 56.4 Å². The summed E-state index contributed by atoms with van der Waals surface area (Å²) in [5, 5.41) is 7.37. The molecule has 0 amide bonds. The summed E-state index contributed by atoms with van der Waals surface area (Å²) in [6, 6.07) is 10.2. The summed E-state index contributed by atoms with van der Waals surface area (Å²) < 4.78 is 5.28. The van der Waals surface area contributed by atoms with Crippen molar-refractivity contribution in [1.29, 1.82) is 0 Å². The van der Waals surface area contributed by atoms with Gasteiger partial charge in [-0.25, -0.2) is 4.98 Å². The van der Waals surface area contributed by atoms with Gasteiger partial charge in [0.15, 0.2) is 11.8 Å². The molecule has 0 saturated carbocycles. The largest absolute Gasteiger partial charge is 0.356 e. The number of guanidine groups is 1. The zero-order chi connectivity index (χ0) is 20.6. The van der Waals surface area contributed by atoms with Crippen LogP contribution in [0.5, 0.6) is 0 Å². The van der Waals surface area contributed by atoms with Gasteiger partial charge in [-0.05, 0) is 12.0 Å². The second-order valence-corrected chi connectivity index (χ2v) is 7.24. The van der Waals surface area contributed by atoms with Crippen molar-refractivity contribution in [3.8, 4) is 11.3 Å². The molecule has 162 valence electrons. The number of nitrogens with zero attached hydrogens (tertiary/aromatic N) is 5. The van der Waals surface area contributed by atoms with Gasteiger partial charge < -0.3 is 19.7 Å². The third-order valence-electron chi connectivity index (χ3n) is 4.52. The highest BCUT2D eigenvalue weighted by Gasteiger charge is 2.11. The van der Waals surface area contributed by atoms with E-state index < -0.39 is 0 Å². The highest BCUT2D eigenvalue weighted by molar-refractivity contribution is 14.0. The molecule has 0 saturated heterocycles. The van der Waals surface area contributed by atoms with Gasteiger partial charge in [0.2, 0.25) is 5.89 Å². The first-order chi connectivity index (χ1) is 14.1. The highest BCUT2D eigenvalue weighted by Crippen LogP contribution is 2.16. The number of aromatic nitrogens is 4. The first-order valence-electron chi connectivity index (χ1n) is 9.90. The number of hydrogen-bond donors (Lipinski definition) is 2. The molecule has 9 heteroatoms. The number of halogens is 1. The van der Waals surface area contributed by atoms with Gasteiger partial charge in [0.05, 0.1) is 18.4 Å². The van der Waals surface area contributed by atoms with Gasteiger partial charge in [0, 0.05) is 33.0 Å². The number of aliphatic imine (C=N–C) groups is 1. The van der Waals surface area contributed by atoms with E-state index in [0.29, 0.717) is 12.4 Å². The summed E-state index contributed by atoms with van der Waals surface area (Å²) in [6.07, 6.45) is 3.49. The third-order valence-corrected chi connectivity index (χ3v) is 4.52. The Kier molecular flexibility index (Phi) is 9.28. The fourth-order valence-corrected chi connectivity index (χ4v) is 2.94. The molecule has 2 aromatic heterocycles. The lowest BCUT2D eigenvalue weighted by molar-refractivity contribution is 0.368. The average molecular weight is 523 g/mol. The predicted octanol–water partition coefficient (Wildman–Crippen LogP) is 3.84. The molecule has 8 nitrogen and oxygen atoms in total. The molecule has 0 radical (unpaired) electrons. The van der Waals surface area contributed by atoms with E-state index in [-0.39, 0.29) is 29.9 Å². The number of aryl methyl sites for hydroxylation is 1. The van der Waals surface area contributed by atoms with Crippen LogP contribution in [-0.4, -0.2) is 51.6 Å².